The van der Waals surface area contributed by atoms with Crippen LogP contribution in [0.5, 0.6) is 11.5 Å². The Morgan fingerprint density at radius 3 is 2.50 bits per heavy atom. The molecule has 0 N–H and O–H groups in total. The van der Waals surface area contributed by atoms with Crippen LogP contribution in [0.2, 0.25) is 5.02 Å². The minimum atomic E-state index is -0.595. The van der Waals surface area contributed by atoms with Crippen LogP contribution in [-0.2, 0) is 27.1 Å². The first-order valence-electron chi connectivity index (χ1n) is 12.6. The predicted molar refractivity (Wildman–Crippen MR) is 143 cm³/mol. The number of likely N-dealkylation sites (N-methyl/N-ethyl adjacent to an activating group) is 1. The number of nitrogens with zero attached hydrogens (tertiary/aromatic N) is 1. The van der Waals surface area contributed by atoms with Gasteiger partial charge in [-0.1, -0.05) is 37.6 Å². The second-order valence-electron chi connectivity index (χ2n) is 10.0. The first-order valence-corrected chi connectivity index (χ1v) is 13.0. The van der Waals surface area contributed by atoms with Gasteiger partial charge in [0, 0.05) is 37.6 Å². The van der Waals surface area contributed by atoms with Crippen LogP contribution in [0.3, 0.4) is 0 Å². The highest BCUT2D eigenvalue weighted by Gasteiger charge is 2.47. The molecular formula is C29H40ClNO5. The Hall–Kier alpha value is -2.28. The van der Waals surface area contributed by atoms with Crippen LogP contribution in [0.1, 0.15) is 49.3 Å². The molecule has 36 heavy (non-hydrogen) atoms. The van der Waals surface area contributed by atoms with E-state index in [2.05, 4.69) is 44.0 Å². The molecule has 3 rings (SSSR count). The quantitative estimate of drug-likeness (QED) is 0.345. The Balaban J connectivity index is 1.77. The molecule has 0 heterocycles. The van der Waals surface area contributed by atoms with Gasteiger partial charge in [0.05, 0.1) is 14.2 Å². The maximum Gasteiger partial charge on any atom is 0.332 e. The zero-order valence-corrected chi connectivity index (χ0v) is 23.2. The number of methoxy groups -OCH3 is 3. The van der Waals surface area contributed by atoms with Crippen molar-refractivity contribution in [3.8, 4) is 11.5 Å². The molecule has 0 unspecified atom stereocenters. The van der Waals surface area contributed by atoms with E-state index in [1.807, 2.05) is 18.2 Å². The molecule has 198 valence electrons. The van der Waals surface area contributed by atoms with Crippen LogP contribution in [0.25, 0.3) is 0 Å². The summed E-state index contributed by atoms with van der Waals surface area (Å²) in [6.45, 7) is 6.03. The Kier molecular flexibility index (Phi) is 10.1. The van der Waals surface area contributed by atoms with Crippen LogP contribution >= 0.6 is 11.6 Å². The largest absolute Gasteiger partial charge is 0.493 e. The molecule has 2 aromatic carbocycles. The van der Waals surface area contributed by atoms with E-state index in [0.29, 0.717) is 0 Å². The van der Waals surface area contributed by atoms with E-state index >= 15 is 0 Å². The second-order valence-corrected chi connectivity index (χ2v) is 10.5. The topological polar surface area (TPSA) is 57.2 Å². The van der Waals surface area contributed by atoms with Gasteiger partial charge in [0.1, 0.15) is 12.2 Å². The van der Waals surface area contributed by atoms with Gasteiger partial charge in [-0.25, -0.2) is 4.79 Å². The second kappa shape index (κ2) is 12.8. The number of aryl methyl sites for hydroxylation is 1. The molecule has 1 aliphatic carbocycles. The summed E-state index contributed by atoms with van der Waals surface area (Å²) < 4.78 is 22.2. The van der Waals surface area contributed by atoms with Crippen molar-refractivity contribution in [2.45, 2.75) is 51.0 Å². The van der Waals surface area contributed by atoms with E-state index in [1.54, 1.807) is 14.2 Å². The van der Waals surface area contributed by atoms with Crippen LogP contribution in [0, 0.1) is 5.92 Å². The zero-order chi connectivity index (χ0) is 26.3. The normalized spacial score (nSPS) is 19.3. The smallest absolute Gasteiger partial charge is 0.332 e. The van der Waals surface area contributed by atoms with E-state index in [9.17, 15) is 4.79 Å². The molecule has 0 fully saturated rings. The third kappa shape index (κ3) is 6.72. The molecule has 2 aromatic rings. The first kappa shape index (κ1) is 28.3. The van der Waals surface area contributed by atoms with Gasteiger partial charge in [0.25, 0.3) is 0 Å². The van der Waals surface area contributed by atoms with Gasteiger partial charge in [0.2, 0.25) is 0 Å². The first-order chi connectivity index (χ1) is 17.2. The molecule has 0 radical (unpaired) electrons. The molecule has 0 aromatic heterocycles. The van der Waals surface area contributed by atoms with Crippen LogP contribution in [0.4, 0.5) is 0 Å². The van der Waals surface area contributed by atoms with Gasteiger partial charge in [-0.05, 0) is 73.2 Å². The fourth-order valence-corrected chi connectivity index (χ4v) is 5.71. The Morgan fingerprint density at radius 2 is 1.83 bits per heavy atom. The molecule has 0 saturated carbocycles. The van der Waals surface area contributed by atoms with Gasteiger partial charge in [-0.3, -0.25) is 0 Å². The predicted octanol–water partition coefficient (Wildman–Crippen LogP) is 5.54. The van der Waals surface area contributed by atoms with Crippen molar-refractivity contribution in [1.29, 1.82) is 0 Å². The highest BCUT2D eigenvalue weighted by molar-refractivity contribution is 6.30. The number of esters is 1. The third-order valence-electron chi connectivity index (χ3n) is 7.22. The number of fused-ring (bicyclic) bond motifs is 1. The SMILES string of the molecule is COCC(=O)O[C@@]1(CCN(C)CCc2ccc(OC)c(OC)c2)CCc2cc(Cl)ccc2[C@H]1C(C)C. The average molecular weight is 518 g/mol. The number of carbonyl (C=O) groups excluding carboxylic acids is 1. The van der Waals surface area contributed by atoms with Gasteiger partial charge in [-0.15, -0.1) is 0 Å². The van der Waals surface area contributed by atoms with Crippen LogP contribution < -0.4 is 9.47 Å². The molecule has 0 aliphatic heterocycles. The van der Waals surface area contributed by atoms with Crippen LogP contribution in [-0.4, -0.2) is 64.5 Å². The lowest BCUT2D eigenvalue weighted by Gasteiger charge is -2.47. The van der Waals surface area contributed by atoms with Crippen molar-refractivity contribution in [3.05, 3.63) is 58.1 Å². The molecule has 0 amide bonds. The zero-order valence-electron chi connectivity index (χ0n) is 22.4. The van der Waals surface area contributed by atoms with Crippen LogP contribution in [0.15, 0.2) is 36.4 Å². The number of hydrogen-bond acceptors (Lipinski definition) is 6. The Labute approximate surface area is 220 Å². The molecule has 1 aliphatic rings. The molecule has 7 heteroatoms. The molecule has 0 spiro atoms. The fourth-order valence-electron chi connectivity index (χ4n) is 5.51. The summed E-state index contributed by atoms with van der Waals surface area (Å²) in [6.07, 6.45) is 3.22. The number of rotatable bonds is 12. The summed E-state index contributed by atoms with van der Waals surface area (Å²) in [5.41, 5.74) is 3.08. The molecule has 2 atom stereocenters. The maximum atomic E-state index is 12.7. The Morgan fingerprint density at radius 1 is 1.08 bits per heavy atom. The van der Waals surface area contributed by atoms with Gasteiger partial charge in [0.15, 0.2) is 11.5 Å². The average Bonchev–Trinajstić information content (AvgIpc) is 2.85. The minimum absolute atomic E-state index is 0.0464. The van der Waals surface area contributed by atoms with Crippen molar-refractivity contribution in [2.24, 2.45) is 5.92 Å². The summed E-state index contributed by atoms with van der Waals surface area (Å²) in [7, 11) is 6.93. The van der Waals surface area contributed by atoms with E-state index in [-0.39, 0.29) is 24.4 Å². The summed E-state index contributed by atoms with van der Waals surface area (Å²) in [5.74, 6) is 1.53. The monoisotopic (exact) mass is 517 g/mol. The maximum absolute atomic E-state index is 12.7. The van der Waals surface area contributed by atoms with Crippen molar-refractivity contribution in [1.82, 2.24) is 4.90 Å². The number of hydrogen-bond donors (Lipinski definition) is 0. The number of carbonyl (C=O) groups is 1. The summed E-state index contributed by atoms with van der Waals surface area (Å²) in [6, 6.07) is 12.2. The van der Waals surface area contributed by atoms with E-state index < -0.39 is 5.60 Å². The summed E-state index contributed by atoms with van der Waals surface area (Å²) >= 11 is 6.30. The molecule has 0 saturated heterocycles. The highest BCUT2D eigenvalue weighted by Crippen LogP contribution is 2.48. The number of halogens is 1. The van der Waals surface area contributed by atoms with E-state index in [4.69, 9.17) is 30.5 Å². The number of ether oxygens (including phenoxy) is 4. The van der Waals surface area contributed by atoms with Gasteiger partial charge >= 0.3 is 5.97 Å². The van der Waals surface area contributed by atoms with Crippen molar-refractivity contribution in [2.75, 3.05) is 48.1 Å². The van der Waals surface area contributed by atoms with Gasteiger partial charge in [-0.2, -0.15) is 0 Å². The standard InChI is InChI=1S/C29H40ClNO5/c1-20(2)28-24-9-8-23(30)18-22(24)11-13-29(28,36-27(32)19-33-4)14-16-31(3)15-12-21-7-10-25(34-5)26(17-21)35-6/h7-10,17-18,20,28H,11-16,19H2,1-6H3/t28-,29-/m1/s1. The lowest BCUT2D eigenvalue weighted by Crippen LogP contribution is -2.49. The van der Waals surface area contributed by atoms with E-state index in [1.165, 1.54) is 23.8 Å². The Bertz CT molecular complexity index is 1030. The fraction of sp³-hybridized carbons (Fsp3) is 0.552. The highest BCUT2D eigenvalue weighted by atomic mass is 35.5. The molecule has 6 nitrogen and oxygen atoms in total. The van der Waals surface area contributed by atoms with Crippen molar-refractivity contribution >= 4 is 17.6 Å². The van der Waals surface area contributed by atoms with Gasteiger partial charge < -0.3 is 23.8 Å². The summed E-state index contributed by atoms with van der Waals surface area (Å²) in [5, 5.41) is 0.745. The molecule has 0 bridgehead atoms. The number of benzene rings is 2. The third-order valence-corrected chi connectivity index (χ3v) is 7.45. The lowest BCUT2D eigenvalue weighted by atomic mass is 9.65. The van der Waals surface area contributed by atoms with E-state index in [0.717, 1.165) is 55.3 Å². The summed E-state index contributed by atoms with van der Waals surface area (Å²) in [4.78, 5) is 15.0. The van der Waals surface area contributed by atoms with Crippen molar-refractivity contribution < 1.29 is 23.7 Å². The molecular weight excluding hydrogens is 478 g/mol. The lowest BCUT2D eigenvalue weighted by molar-refractivity contribution is -0.172. The minimum Gasteiger partial charge on any atom is -0.493 e. The van der Waals surface area contributed by atoms with Crippen molar-refractivity contribution in [3.63, 3.8) is 0 Å².